The van der Waals surface area contributed by atoms with Crippen LogP contribution in [0.4, 0.5) is 0 Å². The molecule has 7 heteroatoms. The summed E-state index contributed by atoms with van der Waals surface area (Å²) in [5, 5.41) is 8.71. The Morgan fingerprint density at radius 2 is 1.86 bits per heavy atom. The fraction of sp³-hybridized carbons (Fsp3) is 0.318. The Balaban J connectivity index is 1.70. The topological polar surface area (TPSA) is 68.5 Å². The number of halogens is 1. The smallest absolute Gasteiger partial charge is 0.249 e. The van der Waals surface area contributed by atoms with E-state index in [1.807, 2.05) is 63.2 Å². The third-order valence-corrected chi connectivity index (χ3v) is 4.74. The van der Waals surface area contributed by atoms with E-state index in [0.717, 1.165) is 11.3 Å². The summed E-state index contributed by atoms with van der Waals surface area (Å²) in [7, 11) is 0. The molecule has 0 spiro atoms. The lowest BCUT2D eigenvalue weighted by molar-refractivity contribution is -0.133. The van der Waals surface area contributed by atoms with Crippen molar-refractivity contribution in [3.63, 3.8) is 0 Å². The van der Waals surface area contributed by atoms with Crippen LogP contribution in [0.2, 0.25) is 5.02 Å². The van der Waals surface area contributed by atoms with E-state index in [1.54, 1.807) is 11.0 Å². The highest BCUT2D eigenvalue weighted by Crippen LogP contribution is 2.26. The van der Waals surface area contributed by atoms with E-state index < -0.39 is 0 Å². The Labute approximate surface area is 175 Å². The molecule has 0 radical (unpaired) electrons. The predicted molar refractivity (Wildman–Crippen MR) is 112 cm³/mol. The van der Waals surface area contributed by atoms with Crippen LogP contribution < -0.4 is 4.74 Å². The average molecular weight is 414 g/mol. The molecule has 6 nitrogen and oxygen atoms in total. The zero-order valence-electron chi connectivity index (χ0n) is 16.8. The first-order chi connectivity index (χ1) is 14.0. The van der Waals surface area contributed by atoms with Gasteiger partial charge in [-0.3, -0.25) is 4.79 Å². The summed E-state index contributed by atoms with van der Waals surface area (Å²) in [6.07, 6.45) is 0.288. The number of rotatable bonds is 8. The monoisotopic (exact) mass is 413 g/mol. The van der Waals surface area contributed by atoms with Crippen LogP contribution in [0.25, 0.3) is 11.5 Å². The molecular weight excluding hydrogens is 390 g/mol. The summed E-state index contributed by atoms with van der Waals surface area (Å²) in [6.45, 7) is 6.71. The van der Waals surface area contributed by atoms with Gasteiger partial charge in [0.15, 0.2) is 0 Å². The number of carbonyl (C=O) groups is 1. The number of amides is 1. The van der Waals surface area contributed by atoms with E-state index in [4.69, 9.17) is 20.8 Å². The molecule has 0 aliphatic heterocycles. The highest BCUT2D eigenvalue weighted by atomic mass is 35.5. The third kappa shape index (κ3) is 5.35. The lowest BCUT2D eigenvalue weighted by Crippen LogP contribution is -2.37. The van der Waals surface area contributed by atoms with Crippen LogP contribution in [0.1, 0.15) is 32.2 Å². The van der Waals surface area contributed by atoms with Crippen molar-refractivity contribution in [3.05, 3.63) is 65.0 Å². The number of benzene rings is 2. The van der Waals surface area contributed by atoms with Crippen molar-refractivity contribution in [1.82, 2.24) is 15.1 Å². The Bertz CT molecular complexity index is 954. The summed E-state index contributed by atoms with van der Waals surface area (Å²) in [6, 6.07) is 14.8. The van der Waals surface area contributed by atoms with Crippen LogP contribution in [-0.4, -0.2) is 33.7 Å². The predicted octanol–water partition coefficient (Wildman–Crippen LogP) is 4.77. The van der Waals surface area contributed by atoms with Crippen LogP contribution in [0.15, 0.2) is 52.9 Å². The highest BCUT2D eigenvalue weighted by Gasteiger charge is 2.21. The molecule has 3 aromatic rings. The second-order valence-corrected chi connectivity index (χ2v) is 7.26. The van der Waals surface area contributed by atoms with Gasteiger partial charge >= 0.3 is 0 Å². The summed E-state index contributed by atoms with van der Waals surface area (Å²) in [4.78, 5) is 14.6. The molecule has 0 atom stereocenters. The Morgan fingerprint density at radius 3 is 2.52 bits per heavy atom. The van der Waals surface area contributed by atoms with Gasteiger partial charge in [0.2, 0.25) is 17.7 Å². The fourth-order valence-electron chi connectivity index (χ4n) is 2.91. The Morgan fingerprint density at radius 1 is 1.14 bits per heavy atom. The van der Waals surface area contributed by atoms with E-state index in [-0.39, 0.29) is 24.9 Å². The van der Waals surface area contributed by atoms with Crippen LogP contribution in [-0.2, 0) is 17.8 Å². The summed E-state index contributed by atoms with van der Waals surface area (Å²) >= 11 is 6.19. The molecule has 1 amide bonds. The zero-order valence-corrected chi connectivity index (χ0v) is 17.5. The molecule has 0 bridgehead atoms. The molecule has 0 aliphatic carbocycles. The van der Waals surface area contributed by atoms with Gasteiger partial charge in [0, 0.05) is 6.04 Å². The first-order valence-electron chi connectivity index (χ1n) is 9.56. The lowest BCUT2D eigenvalue weighted by Gasteiger charge is -2.25. The fourth-order valence-corrected chi connectivity index (χ4v) is 3.13. The van der Waals surface area contributed by atoms with Crippen LogP contribution >= 0.6 is 11.6 Å². The van der Waals surface area contributed by atoms with Gasteiger partial charge in [-0.05, 0) is 50.6 Å². The van der Waals surface area contributed by atoms with E-state index >= 15 is 0 Å². The molecule has 0 saturated carbocycles. The van der Waals surface area contributed by atoms with E-state index in [1.165, 1.54) is 0 Å². The van der Waals surface area contributed by atoms with Crippen LogP contribution in [0.5, 0.6) is 5.75 Å². The Kier molecular flexibility index (Phi) is 6.88. The minimum Gasteiger partial charge on any atom is -0.494 e. The third-order valence-electron chi connectivity index (χ3n) is 4.41. The maximum atomic E-state index is 12.9. The quantitative estimate of drug-likeness (QED) is 0.532. The minimum absolute atomic E-state index is 0.0124. The van der Waals surface area contributed by atoms with Gasteiger partial charge in [-0.25, -0.2) is 0 Å². The van der Waals surface area contributed by atoms with Crippen molar-refractivity contribution < 1.29 is 13.9 Å². The Hall–Kier alpha value is -2.86. The molecule has 0 saturated heterocycles. The first-order valence-corrected chi connectivity index (χ1v) is 9.94. The molecule has 0 aliphatic rings. The molecule has 0 N–H and O–H groups in total. The molecular formula is C22H24ClN3O3. The summed E-state index contributed by atoms with van der Waals surface area (Å²) < 4.78 is 11.2. The van der Waals surface area contributed by atoms with Gasteiger partial charge < -0.3 is 14.1 Å². The zero-order chi connectivity index (χ0) is 20.8. The molecule has 0 unspecified atom stereocenters. The minimum atomic E-state index is -0.0131. The number of ether oxygens (including phenoxy) is 1. The number of aromatic nitrogens is 2. The average Bonchev–Trinajstić information content (AvgIpc) is 3.16. The maximum Gasteiger partial charge on any atom is 0.249 e. The second-order valence-electron chi connectivity index (χ2n) is 6.85. The molecule has 3 rings (SSSR count). The standard InChI is InChI=1S/C22H24ClN3O3/c1-4-28-17-11-9-16(10-12-17)13-21(27)26(15(2)3)14-20-24-25-22(29-20)18-7-5-6-8-19(18)23/h5-12,15H,4,13-14H2,1-3H3. The number of hydrogen-bond acceptors (Lipinski definition) is 5. The van der Waals surface area contributed by atoms with Crippen molar-refractivity contribution in [3.8, 4) is 17.2 Å². The summed E-state index contributed by atoms with van der Waals surface area (Å²) in [5.41, 5.74) is 1.59. The largest absolute Gasteiger partial charge is 0.494 e. The molecule has 1 heterocycles. The van der Waals surface area contributed by atoms with Gasteiger partial charge in [-0.2, -0.15) is 0 Å². The molecule has 29 heavy (non-hydrogen) atoms. The van der Waals surface area contributed by atoms with Crippen molar-refractivity contribution in [2.75, 3.05) is 6.61 Å². The van der Waals surface area contributed by atoms with Crippen LogP contribution in [0.3, 0.4) is 0 Å². The van der Waals surface area contributed by atoms with Crippen molar-refractivity contribution in [1.29, 1.82) is 0 Å². The van der Waals surface area contributed by atoms with Gasteiger partial charge in [-0.15, -0.1) is 10.2 Å². The van der Waals surface area contributed by atoms with Crippen molar-refractivity contribution in [2.45, 2.75) is 39.8 Å². The second kappa shape index (κ2) is 9.56. The van der Waals surface area contributed by atoms with Crippen LogP contribution in [0, 0.1) is 0 Å². The van der Waals surface area contributed by atoms with Gasteiger partial charge in [-0.1, -0.05) is 35.9 Å². The lowest BCUT2D eigenvalue weighted by atomic mass is 10.1. The normalized spacial score (nSPS) is 10.9. The van der Waals surface area contributed by atoms with Crippen molar-refractivity contribution >= 4 is 17.5 Å². The van der Waals surface area contributed by atoms with Gasteiger partial charge in [0.25, 0.3) is 0 Å². The van der Waals surface area contributed by atoms with Crippen molar-refractivity contribution in [2.24, 2.45) is 0 Å². The number of nitrogens with zero attached hydrogens (tertiary/aromatic N) is 3. The number of hydrogen-bond donors (Lipinski definition) is 0. The molecule has 152 valence electrons. The van der Waals surface area contributed by atoms with E-state index in [9.17, 15) is 4.79 Å². The molecule has 1 aromatic heterocycles. The van der Waals surface area contributed by atoms with Gasteiger partial charge in [0.1, 0.15) is 5.75 Å². The SMILES string of the molecule is CCOc1ccc(CC(=O)N(Cc2nnc(-c3ccccc3Cl)o2)C(C)C)cc1. The molecule has 2 aromatic carbocycles. The van der Waals surface area contributed by atoms with Gasteiger partial charge in [0.05, 0.1) is 30.2 Å². The van der Waals surface area contributed by atoms with E-state index in [2.05, 4.69) is 10.2 Å². The maximum absolute atomic E-state index is 12.9. The molecule has 0 fully saturated rings. The first kappa shape index (κ1) is 20.9. The van der Waals surface area contributed by atoms with E-state index in [0.29, 0.717) is 29.0 Å². The number of carbonyl (C=O) groups excluding carboxylic acids is 1. The highest BCUT2D eigenvalue weighted by molar-refractivity contribution is 6.33. The summed E-state index contributed by atoms with van der Waals surface area (Å²) in [5.74, 6) is 1.49.